The molecule has 1 amide bonds. The number of carbonyl (C=O) groups excluding carboxylic acids is 1. The van der Waals surface area contributed by atoms with E-state index in [-0.39, 0.29) is 25.3 Å². The van der Waals surface area contributed by atoms with Crippen molar-refractivity contribution in [2.75, 3.05) is 20.2 Å². The Morgan fingerprint density at radius 1 is 1.33 bits per heavy atom. The molecule has 2 aromatic rings. The van der Waals surface area contributed by atoms with Crippen LogP contribution in [0.3, 0.4) is 0 Å². The SMILES string of the molecule is C=CCN(CCC(=O)O)C(=O)CCc1c(C)nc2c(c(OC)nn2C)c1C. The van der Waals surface area contributed by atoms with E-state index in [2.05, 4.69) is 16.7 Å². The molecule has 0 aliphatic carbocycles. The highest BCUT2D eigenvalue weighted by Crippen LogP contribution is 2.30. The molecular formula is C19H26N4O4. The van der Waals surface area contributed by atoms with E-state index < -0.39 is 5.97 Å². The van der Waals surface area contributed by atoms with Crippen molar-refractivity contribution in [3.8, 4) is 5.88 Å². The number of ether oxygens (including phenoxy) is 1. The highest BCUT2D eigenvalue weighted by Gasteiger charge is 2.20. The van der Waals surface area contributed by atoms with Gasteiger partial charge >= 0.3 is 5.97 Å². The lowest BCUT2D eigenvalue weighted by Gasteiger charge is -2.21. The Bertz CT molecular complexity index is 872. The van der Waals surface area contributed by atoms with Gasteiger partial charge in [0.15, 0.2) is 5.65 Å². The number of carboxylic acids is 1. The molecule has 8 nitrogen and oxygen atoms in total. The lowest BCUT2D eigenvalue weighted by Crippen LogP contribution is -2.33. The number of pyridine rings is 1. The molecule has 8 heteroatoms. The van der Waals surface area contributed by atoms with E-state index in [1.54, 1.807) is 17.9 Å². The van der Waals surface area contributed by atoms with Crippen LogP contribution in [0.4, 0.5) is 0 Å². The van der Waals surface area contributed by atoms with Crippen LogP contribution in [-0.2, 0) is 23.1 Å². The fourth-order valence-corrected chi connectivity index (χ4v) is 3.20. The molecule has 2 heterocycles. The first-order valence-corrected chi connectivity index (χ1v) is 8.77. The Morgan fingerprint density at radius 3 is 2.63 bits per heavy atom. The smallest absolute Gasteiger partial charge is 0.305 e. The normalized spacial score (nSPS) is 10.8. The van der Waals surface area contributed by atoms with Crippen LogP contribution in [0.2, 0.25) is 0 Å². The van der Waals surface area contributed by atoms with Crippen molar-refractivity contribution in [1.82, 2.24) is 19.7 Å². The number of carbonyl (C=O) groups is 2. The molecule has 0 aliphatic rings. The van der Waals surface area contributed by atoms with Crippen molar-refractivity contribution in [3.63, 3.8) is 0 Å². The van der Waals surface area contributed by atoms with Gasteiger partial charge in [0.25, 0.3) is 0 Å². The van der Waals surface area contributed by atoms with Crippen LogP contribution in [0.25, 0.3) is 11.0 Å². The highest BCUT2D eigenvalue weighted by atomic mass is 16.5. The molecule has 0 radical (unpaired) electrons. The summed E-state index contributed by atoms with van der Waals surface area (Å²) in [6, 6.07) is 0. The van der Waals surface area contributed by atoms with Crippen molar-refractivity contribution in [1.29, 1.82) is 0 Å². The van der Waals surface area contributed by atoms with Gasteiger partial charge in [0.2, 0.25) is 11.8 Å². The van der Waals surface area contributed by atoms with Crippen molar-refractivity contribution in [2.45, 2.75) is 33.1 Å². The zero-order valence-electron chi connectivity index (χ0n) is 16.3. The van der Waals surface area contributed by atoms with Gasteiger partial charge in [0.05, 0.1) is 18.9 Å². The Labute approximate surface area is 158 Å². The molecule has 0 bridgehead atoms. The van der Waals surface area contributed by atoms with E-state index >= 15 is 0 Å². The third-order valence-corrected chi connectivity index (χ3v) is 4.60. The summed E-state index contributed by atoms with van der Waals surface area (Å²) < 4.78 is 7.04. The summed E-state index contributed by atoms with van der Waals surface area (Å²) in [7, 11) is 3.38. The molecular weight excluding hydrogens is 348 g/mol. The first kappa shape index (κ1) is 20.4. The fraction of sp³-hybridized carbons (Fsp3) is 0.474. The van der Waals surface area contributed by atoms with Gasteiger partial charge in [-0.15, -0.1) is 11.7 Å². The number of aliphatic carboxylic acids is 1. The number of hydrogen-bond donors (Lipinski definition) is 1. The summed E-state index contributed by atoms with van der Waals surface area (Å²) in [5.74, 6) is -0.519. The third kappa shape index (κ3) is 4.45. The van der Waals surface area contributed by atoms with Gasteiger partial charge in [-0.25, -0.2) is 9.67 Å². The number of nitrogens with zero attached hydrogens (tertiary/aromatic N) is 4. The van der Waals surface area contributed by atoms with Crippen LogP contribution in [0, 0.1) is 13.8 Å². The number of methoxy groups -OCH3 is 1. The number of hydrogen-bond acceptors (Lipinski definition) is 5. The largest absolute Gasteiger partial charge is 0.481 e. The lowest BCUT2D eigenvalue weighted by atomic mass is 10.00. The Morgan fingerprint density at radius 2 is 2.04 bits per heavy atom. The number of rotatable bonds is 9. The van der Waals surface area contributed by atoms with Gasteiger partial charge in [0.1, 0.15) is 0 Å². The van der Waals surface area contributed by atoms with E-state index in [1.165, 1.54) is 4.90 Å². The average molecular weight is 374 g/mol. The van der Waals surface area contributed by atoms with E-state index in [0.717, 1.165) is 27.9 Å². The second kappa shape index (κ2) is 8.66. The van der Waals surface area contributed by atoms with E-state index in [1.807, 2.05) is 20.9 Å². The number of aromatic nitrogens is 3. The van der Waals surface area contributed by atoms with Crippen LogP contribution in [0.1, 0.15) is 29.7 Å². The predicted octanol–water partition coefficient (Wildman–Crippen LogP) is 2.02. The van der Waals surface area contributed by atoms with Crippen molar-refractivity contribution in [3.05, 3.63) is 29.5 Å². The Hall–Kier alpha value is -2.90. The molecule has 2 rings (SSSR count). The Kier molecular flexibility index (Phi) is 6.55. The minimum atomic E-state index is -0.929. The van der Waals surface area contributed by atoms with Crippen LogP contribution in [-0.4, -0.2) is 56.8 Å². The molecule has 146 valence electrons. The minimum Gasteiger partial charge on any atom is -0.481 e. The molecule has 0 atom stereocenters. The van der Waals surface area contributed by atoms with Gasteiger partial charge < -0.3 is 14.7 Å². The third-order valence-electron chi connectivity index (χ3n) is 4.60. The van der Waals surface area contributed by atoms with Gasteiger partial charge in [-0.05, 0) is 31.4 Å². The molecule has 0 saturated carbocycles. The van der Waals surface area contributed by atoms with Crippen molar-refractivity contribution >= 4 is 22.9 Å². The van der Waals surface area contributed by atoms with Crippen LogP contribution in [0.5, 0.6) is 5.88 Å². The minimum absolute atomic E-state index is 0.0853. The maximum absolute atomic E-state index is 12.6. The van der Waals surface area contributed by atoms with Gasteiger partial charge in [-0.1, -0.05) is 6.08 Å². The highest BCUT2D eigenvalue weighted by molar-refractivity contribution is 5.86. The second-order valence-corrected chi connectivity index (χ2v) is 6.40. The molecule has 1 N–H and O–H groups in total. The number of aryl methyl sites for hydroxylation is 3. The van der Waals surface area contributed by atoms with Crippen molar-refractivity contribution < 1.29 is 19.4 Å². The van der Waals surface area contributed by atoms with Gasteiger partial charge in [-0.3, -0.25) is 9.59 Å². The molecule has 0 unspecified atom stereocenters. The quantitative estimate of drug-likeness (QED) is 0.675. The van der Waals surface area contributed by atoms with Crippen LogP contribution >= 0.6 is 0 Å². The zero-order chi connectivity index (χ0) is 20.1. The van der Waals surface area contributed by atoms with E-state index in [0.29, 0.717) is 18.8 Å². The fourth-order valence-electron chi connectivity index (χ4n) is 3.20. The summed E-state index contributed by atoms with van der Waals surface area (Å²) in [4.78, 5) is 29.5. The molecule has 27 heavy (non-hydrogen) atoms. The molecule has 0 spiro atoms. The number of fused-ring (bicyclic) bond motifs is 1. The number of amides is 1. The maximum Gasteiger partial charge on any atom is 0.305 e. The molecule has 2 aromatic heterocycles. The topological polar surface area (TPSA) is 97.6 Å². The molecule has 0 saturated heterocycles. The average Bonchev–Trinajstić information content (AvgIpc) is 2.94. The predicted molar refractivity (Wildman–Crippen MR) is 102 cm³/mol. The summed E-state index contributed by atoms with van der Waals surface area (Å²) in [5.41, 5.74) is 3.57. The molecule has 0 aliphatic heterocycles. The van der Waals surface area contributed by atoms with E-state index in [9.17, 15) is 9.59 Å². The van der Waals surface area contributed by atoms with Gasteiger partial charge in [0, 0.05) is 32.3 Å². The standard InChI is InChI=1S/C19H26N4O4/c1-6-10-23(11-9-16(25)26)15(24)8-7-14-12(2)17-18(20-13(14)3)22(4)21-19(17)27-5/h6H,1,7-11H2,2-5H3,(H,25,26). The maximum atomic E-state index is 12.6. The molecule has 0 fully saturated rings. The second-order valence-electron chi connectivity index (χ2n) is 6.40. The monoisotopic (exact) mass is 374 g/mol. The van der Waals surface area contributed by atoms with Crippen LogP contribution < -0.4 is 4.74 Å². The summed E-state index contributed by atoms with van der Waals surface area (Å²) in [5, 5.41) is 14.0. The van der Waals surface area contributed by atoms with E-state index in [4.69, 9.17) is 9.84 Å². The summed E-state index contributed by atoms with van der Waals surface area (Å²) in [6.07, 6.45) is 2.30. The zero-order valence-corrected chi connectivity index (χ0v) is 16.3. The van der Waals surface area contributed by atoms with Crippen molar-refractivity contribution in [2.24, 2.45) is 7.05 Å². The first-order valence-electron chi connectivity index (χ1n) is 8.77. The summed E-state index contributed by atoms with van der Waals surface area (Å²) in [6.45, 7) is 8.03. The van der Waals surface area contributed by atoms with Crippen LogP contribution in [0.15, 0.2) is 12.7 Å². The molecule has 0 aromatic carbocycles. The summed E-state index contributed by atoms with van der Waals surface area (Å²) >= 11 is 0. The number of carboxylic acid groups (broad SMARTS) is 1. The Balaban J connectivity index is 2.23. The first-order chi connectivity index (χ1) is 12.8. The van der Waals surface area contributed by atoms with Gasteiger partial charge in [-0.2, -0.15) is 0 Å². The lowest BCUT2D eigenvalue weighted by molar-refractivity contribution is -0.138.